The number of hydrogen-bond donors (Lipinski definition) is 1. The lowest BCUT2D eigenvalue weighted by atomic mass is 10.2. The number of esters is 2. The predicted molar refractivity (Wildman–Crippen MR) is 70.1 cm³/mol. The molecule has 0 aliphatic carbocycles. The lowest BCUT2D eigenvalue weighted by molar-refractivity contribution is -0.140. The molecule has 0 fully saturated rings. The normalized spacial score (nSPS) is 9.89. The number of rotatable bonds is 5. The van der Waals surface area contributed by atoms with Gasteiger partial charge in [0.15, 0.2) is 0 Å². The number of nitrogens with two attached hydrogens (primary N) is 1. The van der Waals surface area contributed by atoms with Gasteiger partial charge in [0, 0.05) is 16.6 Å². The van der Waals surface area contributed by atoms with Crippen LogP contribution in [0.2, 0.25) is 0 Å². The van der Waals surface area contributed by atoms with Gasteiger partial charge in [-0.15, -0.1) is 0 Å². The molecule has 0 bridgehead atoms. The Kier molecular flexibility index (Phi) is 5.64. The minimum absolute atomic E-state index is 0.171. The highest BCUT2D eigenvalue weighted by molar-refractivity contribution is 9.10. The van der Waals surface area contributed by atoms with Crippen molar-refractivity contribution in [2.45, 2.75) is 12.8 Å². The largest absolute Gasteiger partial charge is 0.469 e. The summed E-state index contributed by atoms with van der Waals surface area (Å²) in [5.41, 5.74) is 6.51. The lowest BCUT2D eigenvalue weighted by Gasteiger charge is -2.05. The quantitative estimate of drug-likeness (QED) is 0.511. The second-order valence-electron chi connectivity index (χ2n) is 3.55. The highest BCUT2D eigenvalue weighted by Crippen LogP contribution is 2.20. The number of carbonyl (C=O) groups excluding carboxylic acids is 2. The zero-order chi connectivity index (χ0) is 13.5. The first-order valence-corrected chi connectivity index (χ1v) is 6.13. The Hall–Kier alpha value is -1.56. The lowest BCUT2D eigenvalue weighted by Crippen LogP contribution is -2.09. The minimum atomic E-state index is -0.459. The molecule has 2 N–H and O–H groups in total. The molecule has 0 heterocycles. The van der Waals surface area contributed by atoms with E-state index in [2.05, 4.69) is 20.7 Å². The van der Waals surface area contributed by atoms with Crippen LogP contribution in [0.4, 0.5) is 5.69 Å². The van der Waals surface area contributed by atoms with Gasteiger partial charge in [-0.25, -0.2) is 4.79 Å². The fourth-order valence-corrected chi connectivity index (χ4v) is 1.48. The van der Waals surface area contributed by atoms with Crippen molar-refractivity contribution in [2.24, 2.45) is 0 Å². The summed E-state index contributed by atoms with van der Waals surface area (Å²) in [6.07, 6.45) is 0.663. The Morgan fingerprint density at radius 2 is 2.11 bits per heavy atom. The fourth-order valence-electron chi connectivity index (χ4n) is 1.24. The van der Waals surface area contributed by atoms with Crippen molar-refractivity contribution in [3.63, 3.8) is 0 Å². The third-order valence-corrected chi connectivity index (χ3v) is 2.94. The first-order chi connectivity index (χ1) is 8.54. The molecule has 98 valence electrons. The van der Waals surface area contributed by atoms with Gasteiger partial charge in [0.25, 0.3) is 0 Å². The van der Waals surface area contributed by atoms with Crippen molar-refractivity contribution in [1.82, 2.24) is 0 Å². The van der Waals surface area contributed by atoms with Gasteiger partial charge in [-0.05, 0) is 40.5 Å². The number of nitrogen functional groups attached to an aromatic ring is 1. The molecule has 0 radical (unpaired) electrons. The Balaban J connectivity index is 2.41. The first kappa shape index (κ1) is 14.5. The van der Waals surface area contributed by atoms with Crippen molar-refractivity contribution in [3.8, 4) is 0 Å². The predicted octanol–water partition coefficient (Wildman–Crippen LogP) is 2.14. The van der Waals surface area contributed by atoms with Gasteiger partial charge in [-0.2, -0.15) is 0 Å². The van der Waals surface area contributed by atoms with E-state index in [0.29, 0.717) is 17.7 Å². The summed E-state index contributed by atoms with van der Waals surface area (Å²) < 4.78 is 10.2. The van der Waals surface area contributed by atoms with E-state index in [1.807, 2.05) is 0 Å². The monoisotopic (exact) mass is 315 g/mol. The molecule has 6 heteroatoms. The molecule has 0 saturated heterocycles. The summed E-state index contributed by atoms with van der Waals surface area (Å²) in [6, 6.07) is 4.83. The molecule has 0 saturated carbocycles. The van der Waals surface area contributed by atoms with E-state index in [4.69, 9.17) is 10.5 Å². The van der Waals surface area contributed by atoms with Crippen LogP contribution in [0, 0.1) is 0 Å². The number of ether oxygens (including phenoxy) is 2. The van der Waals surface area contributed by atoms with Crippen LogP contribution in [0.15, 0.2) is 22.7 Å². The SMILES string of the molecule is COC(=O)CCCOC(=O)c1ccc(Br)c(N)c1. The number of benzene rings is 1. The molecular formula is C12H14BrNO4. The molecule has 0 atom stereocenters. The molecule has 1 aromatic rings. The topological polar surface area (TPSA) is 78.6 Å². The summed E-state index contributed by atoms with van der Waals surface area (Å²) in [5.74, 6) is -0.780. The minimum Gasteiger partial charge on any atom is -0.469 e. The van der Waals surface area contributed by atoms with E-state index in [0.717, 1.165) is 4.47 Å². The van der Waals surface area contributed by atoms with Gasteiger partial charge in [-0.1, -0.05) is 0 Å². The zero-order valence-electron chi connectivity index (χ0n) is 9.94. The molecule has 0 aromatic heterocycles. The number of hydrogen-bond acceptors (Lipinski definition) is 5. The maximum atomic E-state index is 11.6. The van der Waals surface area contributed by atoms with E-state index in [1.54, 1.807) is 12.1 Å². The van der Waals surface area contributed by atoms with Crippen LogP contribution in [0.25, 0.3) is 0 Å². The van der Waals surface area contributed by atoms with Crippen LogP contribution in [0.5, 0.6) is 0 Å². The Labute approximate surface area is 113 Å². The average molecular weight is 316 g/mol. The van der Waals surface area contributed by atoms with Gasteiger partial charge in [0.2, 0.25) is 0 Å². The number of methoxy groups -OCH3 is 1. The van der Waals surface area contributed by atoms with Gasteiger partial charge < -0.3 is 15.2 Å². The molecule has 0 aliphatic heterocycles. The third kappa shape index (κ3) is 4.37. The van der Waals surface area contributed by atoms with Crippen LogP contribution < -0.4 is 5.73 Å². The molecular weight excluding hydrogens is 302 g/mol. The summed E-state index contributed by atoms with van der Waals surface area (Å²) in [4.78, 5) is 22.4. The standard InChI is InChI=1S/C12H14BrNO4/c1-17-11(15)3-2-6-18-12(16)8-4-5-9(13)10(14)7-8/h4-5,7H,2-3,6,14H2,1H3. The third-order valence-electron chi connectivity index (χ3n) is 2.22. The smallest absolute Gasteiger partial charge is 0.338 e. The summed E-state index contributed by atoms with van der Waals surface area (Å²) in [7, 11) is 1.32. The fraction of sp³-hybridized carbons (Fsp3) is 0.333. The first-order valence-electron chi connectivity index (χ1n) is 5.33. The number of carbonyl (C=O) groups is 2. The Bertz CT molecular complexity index is 448. The van der Waals surface area contributed by atoms with Gasteiger partial charge in [0.1, 0.15) is 0 Å². The summed E-state index contributed by atoms with van der Waals surface area (Å²) in [5, 5.41) is 0. The van der Waals surface area contributed by atoms with Crippen molar-refractivity contribution in [3.05, 3.63) is 28.2 Å². The van der Waals surface area contributed by atoms with Crippen LogP contribution >= 0.6 is 15.9 Å². The van der Waals surface area contributed by atoms with Gasteiger partial charge >= 0.3 is 11.9 Å². The van der Waals surface area contributed by atoms with E-state index in [-0.39, 0.29) is 19.0 Å². The highest BCUT2D eigenvalue weighted by Gasteiger charge is 2.09. The highest BCUT2D eigenvalue weighted by atomic mass is 79.9. The molecule has 1 aromatic carbocycles. The van der Waals surface area contributed by atoms with Crippen LogP contribution in [0.3, 0.4) is 0 Å². The molecule has 0 amide bonds. The molecule has 5 nitrogen and oxygen atoms in total. The van der Waals surface area contributed by atoms with Gasteiger partial charge in [0.05, 0.1) is 19.3 Å². The zero-order valence-corrected chi connectivity index (χ0v) is 11.5. The molecule has 18 heavy (non-hydrogen) atoms. The molecule has 1 rings (SSSR count). The van der Waals surface area contributed by atoms with Crippen LogP contribution in [-0.2, 0) is 14.3 Å². The Morgan fingerprint density at radius 1 is 1.39 bits per heavy atom. The van der Waals surface area contributed by atoms with Crippen LogP contribution in [-0.4, -0.2) is 25.7 Å². The second-order valence-corrected chi connectivity index (χ2v) is 4.41. The molecule has 0 unspecified atom stereocenters. The van der Waals surface area contributed by atoms with E-state index in [1.165, 1.54) is 13.2 Å². The van der Waals surface area contributed by atoms with Crippen molar-refractivity contribution >= 4 is 33.6 Å². The van der Waals surface area contributed by atoms with E-state index in [9.17, 15) is 9.59 Å². The maximum absolute atomic E-state index is 11.6. The van der Waals surface area contributed by atoms with Crippen molar-refractivity contribution in [2.75, 3.05) is 19.5 Å². The molecule has 0 aliphatic rings. The van der Waals surface area contributed by atoms with Crippen LogP contribution in [0.1, 0.15) is 23.2 Å². The van der Waals surface area contributed by atoms with Gasteiger partial charge in [-0.3, -0.25) is 4.79 Å². The average Bonchev–Trinajstić information content (AvgIpc) is 2.37. The van der Waals surface area contributed by atoms with Crippen molar-refractivity contribution in [1.29, 1.82) is 0 Å². The maximum Gasteiger partial charge on any atom is 0.338 e. The molecule has 0 spiro atoms. The van der Waals surface area contributed by atoms with E-state index >= 15 is 0 Å². The van der Waals surface area contributed by atoms with E-state index < -0.39 is 5.97 Å². The summed E-state index contributed by atoms with van der Waals surface area (Å²) in [6.45, 7) is 0.171. The summed E-state index contributed by atoms with van der Waals surface area (Å²) >= 11 is 3.24. The number of anilines is 1. The number of halogens is 1. The Morgan fingerprint density at radius 3 is 2.72 bits per heavy atom. The second kappa shape index (κ2) is 7.00. The van der Waals surface area contributed by atoms with Crippen molar-refractivity contribution < 1.29 is 19.1 Å².